The standard InChI is InChI=1S/C22H22ClN3O2/c1-28-20-7-3-2-5-17(20)21-15(13-26-10-4-6-19(26)22(24)27)11-14-8-9-16(23)12-18(14)25-21/h2-3,5,7-9,11-12,19H,4,6,10,13H2,1H3,(H2,24,27)/t19-/m0/s1. The predicted molar refractivity (Wildman–Crippen MR) is 111 cm³/mol. The van der Waals surface area contributed by atoms with E-state index < -0.39 is 0 Å². The molecule has 0 unspecified atom stereocenters. The Morgan fingerprint density at radius 3 is 2.89 bits per heavy atom. The summed E-state index contributed by atoms with van der Waals surface area (Å²) >= 11 is 6.18. The summed E-state index contributed by atoms with van der Waals surface area (Å²) in [6.45, 7) is 1.45. The Bertz CT molecular complexity index is 1040. The molecule has 0 saturated carbocycles. The maximum absolute atomic E-state index is 11.8. The maximum atomic E-state index is 11.8. The molecule has 0 aliphatic carbocycles. The van der Waals surface area contributed by atoms with E-state index in [0.717, 1.165) is 52.9 Å². The SMILES string of the molecule is COc1ccccc1-c1nc2cc(Cl)ccc2cc1CN1CCC[C@H]1C(N)=O. The lowest BCUT2D eigenvalue weighted by atomic mass is 10.0. The van der Waals surface area contributed by atoms with Crippen molar-refractivity contribution in [3.8, 4) is 17.0 Å². The van der Waals surface area contributed by atoms with E-state index in [1.165, 1.54) is 0 Å². The van der Waals surface area contributed by atoms with Crippen molar-refractivity contribution in [1.29, 1.82) is 0 Å². The van der Waals surface area contributed by atoms with Crippen LogP contribution in [0.15, 0.2) is 48.5 Å². The van der Waals surface area contributed by atoms with Crippen molar-refractivity contribution in [3.63, 3.8) is 0 Å². The number of benzene rings is 2. The number of amides is 1. The number of fused-ring (bicyclic) bond motifs is 1. The van der Waals surface area contributed by atoms with E-state index >= 15 is 0 Å². The minimum absolute atomic E-state index is 0.230. The van der Waals surface area contributed by atoms with Gasteiger partial charge in [0.1, 0.15) is 5.75 Å². The van der Waals surface area contributed by atoms with Crippen LogP contribution in [0.25, 0.3) is 22.2 Å². The number of methoxy groups -OCH3 is 1. The van der Waals surface area contributed by atoms with E-state index in [2.05, 4.69) is 11.0 Å². The zero-order chi connectivity index (χ0) is 19.7. The largest absolute Gasteiger partial charge is 0.496 e. The van der Waals surface area contributed by atoms with E-state index in [9.17, 15) is 4.79 Å². The van der Waals surface area contributed by atoms with Crippen LogP contribution in [0.2, 0.25) is 5.02 Å². The summed E-state index contributed by atoms with van der Waals surface area (Å²) < 4.78 is 5.57. The molecule has 1 aromatic heterocycles. The summed E-state index contributed by atoms with van der Waals surface area (Å²) in [5.41, 5.74) is 9.22. The molecule has 1 fully saturated rings. The van der Waals surface area contributed by atoms with Crippen LogP contribution in [0, 0.1) is 0 Å². The summed E-state index contributed by atoms with van der Waals surface area (Å²) in [6, 6.07) is 15.4. The van der Waals surface area contributed by atoms with Crippen LogP contribution in [0.3, 0.4) is 0 Å². The molecular weight excluding hydrogens is 374 g/mol. The van der Waals surface area contributed by atoms with Crippen molar-refractivity contribution in [3.05, 3.63) is 59.1 Å². The van der Waals surface area contributed by atoms with Crippen LogP contribution >= 0.6 is 11.6 Å². The van der Waals surface area contributed by atoms with Gasteiger partial charge in [-0.3, -0.25) is 9.69 Å². The summed E-state index contributed by atoms with van der Waals surface area (Å²) in [4.78, 5) is 18.9. The lowest BCUT2D eigenvalue weighted by Crippen LogP contribution is -2.39. The molecule has 144 valence electrons. The molecule has 1 aliphatic heterocycles. The van der Waals surface area contributed by atoms with Gasteiger partial charge in [0, 0.05) is 22.5 Å². The summed E-state index contributed by atoms with van der Waals surface area (Å²) in [6.07, 6.45) is 1.77. The number of carbonyl (C=O) groups is 1. The minimum Gasteiger partial charge on any atom is -0.496 e. The van der Waals surface area contributed by atoms with Gasteiger partial charge in [0.15, 0.2) is 0 Å². The number of carbonyl (C=O) groups excluding carboxylic acids is 1. The number of rotatable bonds is 5. The Labute approximate surface area is 169 Å². The number of nitrogens with zero attached hydrogens (tertiary/aromatic N) is 2. The van der Waals surface area contributed by atoms with E-state index in [4.69, 9.17) is 27.1 Å². The molecular formula is C22H22ClN3O2. The van der Waals surface area contributed by atoms with Gasteiger partial charge in [-0.05, 0) is 55.3 Å². The molecule has 5 nitrogen and oxygen atoms in total. The first-order valence-electron chi connectivity index (χ1n) is 9.33. The Morgan fingerprint density at radius 1 is 1.29 bits per heavy atom. The maximum Gasteiger partial charge on any atom is 0.234 e. The first-order chi connectivity index (χ1) is 13.6. The molecule has 4 rings (SSSR count). The lowest BCUT2D eigenvalue weighted by molar-refractivity contribution is -0.122. The number of para-hydroxylation sites is 1. The van der Waals surface area contributed by atoms with Gasteiger partial charge in [-0.25, -0.2) is 4.98 Å². The molecule has 1 atom stereocenters. The molecule has 0 bridgehead atoms. The average molecular weight is 396 g/mol. The summed E-state index contributed by atoms with van der Waals surface area (Å²) in [5, 5.41) is 1.65. The van der Waals surface area contributed by atoms with Crippen molar-refractivity contribution in [2.75, 3.05) is 13.7 Å². The van der Waals surface area contributed by atoms with Crippen molar-refractivity contribution in [1.82, 2.24) is 9.88 Å². The van der Waals surface area contributed by atoms with Gasteiger partial charge in [-0.1, -0.05) is 29.8 Å². The fourth-order valence-electron chi connectivity index (χ4n) is 3.93. The van der Waals surface area contributed by atoms with Crippen LogP contribution in [-0.4, -0.2) is 35.5 Å². The Hall–Kier alpha value is -2.63. The number of hydrogen-bond donors (Lipinski definition) is 1. The van der Waals surface area contributed by atoms with Crippen LogP contribution in [0.4, 0.5) is 0 Å². The monoisotopic (exact) mass is 395 g/mol. The number of hydrogen-bond acceptors (Lipinski definition) is 4. The van der Waals surface area contributed by atoms with Gasteiger partial charge >= 0.3 is 0 Å². The third-order valence-electron chi connectivity index (χ3n) is 5.29. The number of halogens is 1. The van der Waals surface area contributed by atoms with E-state index in [-0.39, 0.29) is 11.9 Å². The van der Waals surface area contributed by atoms with Crippen LogP contribution in [0.1, 0.15) is 18.4 Å². The van der Waals surface area contributed by atoms with Crippen molar-refractivity contribution in [2.24, 2.45) is 5.73 Å². The number of aromatic nitrogens is 1. The second-order valence-electron chi connectivity index (χ2n) is 7.06. The first-order valence-corrected chi connectivity index (χ1v) is 9.70. The molecule has 1 aliphatic rings. The van der Waals surface area contributed by atoms with Crippen molar-refractivity contribution < 1.29 is 9.53 Å². The molecule has 1 saturated heterocycles. The minimum atomic E-state index is -0.267. The van der Waals surface area contributed by atoms with E-state index in [0.29, 0.717) is 11.6 Å². The molecule has 3 aromatic rings. The fourth-order valence-corrected chi connectivity index (χ4v) is 4.10. The van der Waals surface area contributed by atoms with Gasteiger partial charge in [0.05, 0.1) is 24.4 Å². The number of pyridine rings is 1. The average Bonchev–Trinajstić information content (AvgIpc) is 3.16. The second kappa shape index (κ2) is 7.78. The molecule has 2 aromatic carbocycles. The molecule has 0 radical (unpaired) electrons. The summed E-state index contributed by atoms with van der Waals surface area (Å²) in [7, 11) is 1.65. The zero-order valence-electron chi connectivity index (χ0n) is 15.7. The smallest absolute Gasteiger partial charge is 0.234 e. The van der Waals surface area contributed by atoms with Gasteiger partial charge in [0.2, 0.25) is 5.91 Å². The topological polar surface area (TPSA) is 68.4 Å². The highest BCUT2D eigenvalue weighted by atomic mass is 35.5. The third-order valence-corrected chi connectivity index (χ3v) is 5.52. The molecule has 0 spiro atoms. The lowest BCUT2D eigenvalue weighted by Gasteiger charge is -2.23. The molecule has 2 N–H and O–H groups in total. The highest BCUT2D eigenvalue weighted by molar-refractivity contribution is 6.31. The normalized spacial score (nSPS) is 17.1. The quantitative estimate of drug-likeness (QED) is 0.708. The molecule has 2 heterocycles. The number of nitrogens with two attached hydrogens (primary N) is 1. The number of ether oxygens (including phenoxy) is 1. The van der Waals surface area contributed by atoms with Crippen LogP contribution < -0.4 is 10.5 Å². The zero-order valence-corrected chi connectivity index (χ0v) is 16.4. The second-order valence-corrected chi connectivity index (χ2v) is 7.50. The van der Waals surface area contributed by atoms with Gasteiger partial charge in [-0.2, -0.15) is 0 Å². The first kappa shape index (κ1) is 18.7. The predicted octanol–water partition coefficient (Wildman–Crippen LogP) is 4.01. The fraction of sp³-hybridized carbons (Fsp3) is 0.273. The molecule has 28 heavy (non-hydrogen) atoms. The molecule has 1 amide bonds. The van der Waals surface area contributed by atoms with Crippen LogP contribution in [0.5, 0.6) is 5.75 Å². The van der Waals surface area contributed by atoms with Gasteiger partial charge < -0.3 is 10.5 Å². The van der Waals surface area contributed by atoms with Crippen molar-refractivity contribution >= 4 is 28.4 Å². The van der Waals surface area contributed by atoms with Crippen molar-refractivity contribution in [2.45, 2.75) is 25.4 Å². The Balaban J connectivity index is 1.86. The van der Waals surface area contributed by atoms with Crippen LogP contribution in [-0.2, 0) is 11.3 Å². The third kappa shape index (κ3) is 3.55. The van der Waals surface area contributed by atoms with Gasteiger partial charge in [-0.15, -0.1) is 0 Å². The summed E-state index contributed by atoms with van der Waals surface area (Å²) in [5.74, 6) is 0.488. The Kier molecular flexibility index (Phi) is 5.20. The highest BCUT2D eigenvalue weighted by Crippen LogP contribution is 2.34. The number of likely N-dealkylation sites (tertiary alicyclic amines) is 1. The van der Waals surface area contributed by atoms with E-state index in [1.54, 1.807) is 7.11 Å². The van der Waals surface area contributed by atoms with E-state index in [1.807, 2.05) is 42.5 Å². The highest BCUT2D eigenvalue weighted by Gasteiger charge is 2.30. The van der Waals surface area contributed by atoms with Gasteiger partial charge in [0.25, 0.3) is 0 Å². The number of primary amides is 1. The molecule has 6 heteroatoms. The Morgan fingerprint density at radius 2 is 2.11 bits per heavy atom.